The number of hydrogen-bond donors (Lipinski definition) is 4. The Labute approximate surface area is 175 Å². The molecule has 2 atom stereocenters. The van der Waals surface area contributed by atoms with Crippen molar-refractivity contribution >= 4 is 17.0 Å². The summed E-state index contributed by atoms with van der Waals surface area (Å²) >= 11 is 0. The standard InChI is InChI=1S/C20H22F2N4O5/c1-11(29)9-26-18-12(8-23-20(25-18)24-14(10-28)4-5-27)6-17(19(26)30)31-16-3-2-13(21)7-15(16)22/h2-3,6-8,11,14,27-29H,4-5,9-10H2,1H3,(H,23,24,25)/t11?,14-/m0/s1. The van der Waals surface area contributed by atoms with Gasteiger partial charge in [0.05, 0.1) is 25.3 Å². The van der Waals surface area contributed by atoms with Crippen LogP contribution in [-0.2, 0) is 6.54 Å². The Hall–Kier alpha value is -3.15. The second-order valence-electron chi connectivity index (χ2n) is 6.96. The number of rotatable bonds is 9. The van der Waals surface area contributed by atoms with E-state index in [1.54, 1.807) is 0 Å². The van der Waals surface area contributed by atoms with Crippen LogP contribution in [0.1, 0.15) is 13.3 Å². The van der Waals surface area contributed by atoms with Gasteiger partial charge in [0.1, 0.15) is 11.5 Å². The summed E-state index contributed by atoms with van der Waals surface area (Å²) in [4.78, 5) is 21.4. The van der Waals surface area contributed by atoms with Crippen LogP contribution in [0, 0.1) is 11.6 Å². The first kappa shape index (κ1) is 22.5. The first-order chi connectivity index (χ1) is 14.8. The molecule has 0 aliphatic carbocycles. The molecule has 0 aliphatic heterocycles. The fourth-order valence-electron chi connectivity index (χ4n) is 2.93. The summed E-state index contributed by atoms with van der Waals surface area (Å²) in [5.74, 6) is -2.24. The van der Waals surface area contributed by atoms with E-state index in [4.69, 9.17) is 9.84 Å². The highest BCUT2D eigenvalue weighted by molar-refractivity contribution is 5.77. The average Bonchev–Trinajstić information content (AvgIpc) is 2.72. The number of nitrogens with one attached hydrogen (secondary N) is 1. The van der Waals surface area contributed by atoms with Crippen LogP contribution in [-0.4, -0.2) is 55.2 Å². The summed E-state index contributed by atoms with van der Waals surface area (Å²) in [6, 6.07) is 3.52. The fraction of sp³-hybridized carbons (Fsp3) is 0.350. The van der Waals surface area contributed by atoms with Gasteiger partial charge in [-0.15, -0.1) is 0 Å². The highest BCUT2D eigenvalue weighted by atomic mass is 19.1. The second-order valence-corrected chi connectivity index (χ2v) is 6.96. The average molecular weight is 436 g/mol. The molecule has 0 bridgehead atoms. The molecule has 4 N–H and O–H groups in total. The molecule has 31 heavy (non-hydrogen) atoms. The van der Waals surface area contributed by atoms with Crippen molar-refractivity contribution in [3.63, 3.8) is 0 Å². The van der Waals surface area contributed by atoms with Gasteiger partial charge in [0, 0.05) is 24.3 Å². The lowest BCUT2D eigenvalue weighted by atomic mass is 10.2. The molecule has 0 amide bonds. The normalized spacial score (nSPS) is 13.2. The Morgan fingerprint density at radius 3 is 2.65 bits per heavy atom. The van der Waals surface area contributed by atoms with E-state index in [1.807, 2.05) is 0 Å². The maximum absolute atomic E-state index is 14.0. The third kappa shape index (κ3) is 5.32. The predicted octanol–water partition coefficient (Wildman–Crippen LogP) is 1.40. The molecule has 0 radical (unpaired) electrons. The summed E-state index contributed by atoms with van der Waals surface area (Å²) in [6.45, 7) is 0.932. The molecule has 9 nitrogen and oxygen atoms in total. The number of fused-ring (bicyclic) bond motifs is 1. The van der Waals surface area contributed by atoms with Crippen molar-refractivity contribution in [2.75, 3.05) is 18.5 Å². The third-order valence-electron chi connectivity index (χ3n) is 4.39. The van der Waals surface area contributed by atoms with Crippen LogP contribution < -0.4 is 15.6 Å². The Morgan fingerprint density at radius 2 is 2.00 bits per heavy atom. The van der Waals surface area contributed by atoms with Gasteiger partial charge in [-0.25, -0.2) is 13.8 Å². The minimum atomic E-state index is -0.976. The minimum Gasteiger partial charge on any atom is -0.448 e. The van der Waals surface area contributed by atoms with Crippen LogP contribution >= 0.6 is 0 Å². The van der Waals surface area contributed by atoms with Crippen molar-refractivity contribution in [2.45, 2.75) is 32.0 Å². The molecular formula is C20H22F2N4O5. The van der Waals surface area contributed by atoms with E-state index in [0.717, 1.165) is 16.7 Å². The van der Waals surface area contributed by atoms with Gasteiger partial charge < -0.3 is 25.4 Å². The number of pyridine rings is 1. The number of aromatic nitrogens is 3. The zero-order valence-corrected chi connectivity index (χ0v) is 16.6. The minimum absolute atomic E-state index is 0.108. The third-order valence-corrected chi connectivity index (χ3v) is 4.39. The lowest BCUT2D eigenvalue weighted by Gasteiger charge is -2.17. The molecule has 2 aromatic heterocycles. The lowest BCUT2D eigenvalue weighted by molar-refractivity contribution is 0.173. The van der Waals surface area contributed by atoms with E-state index in [2.05, 4.69) is 15.3 Å². The van der Waals surface area contributed by atoms with Crippen molar-refractivity contribution < 1.29 is 28.8 Å². The van der Waals surface area contributed by atoms with Crippen LogP contribution in [0.25, 0.3) is 11.0 Å². The first-order valence-corrected chi connectivity index (χ1v) is 9.52. The van der Waals surface area contributed by atoms with Crippen molar-refractivity contribution in [3.05, 3.63) is 52.5 Å². The summed E-state index contributed by atoms with van der Waals surface area (Å²) in [7, 11) is 0. The van der Waals surface area contributed by atoms with Gasteiger partial charge in [0.15, 0.2) is 17.3 Å². The molecule has 11 heteroatoms. The molecule has 3 rings (SSSR count). The van der Waals surface area contributed by atoms with Crippen molar-refractivity contribution in [1.29, 1.82) is 0 Å². The monoisotopic (exact) mass is 436 g/mol. The van der Waals surface area contributed by atoms with E-state index in [0.29, 0.717) is 11.5 Å². The second kappa shape index (κ2) is 9.77. The van der Waals surface area contributed by atoms with Gasteiger partial charge in [0.2, 0.25) is 5.95 Å². The number of aliphatic hydroxyl groups is 3. The summed E-state index contributed by atoms with van der Waals surface area (Å²) in [6.07, 6.45) is 0.739. The van der Waals surface area contributed by atoms with Crippen LogP contribution in [0.15, 0.2) is 35.3 Å². The molecule has 0 saturated carbocycles. The number of nitrogens with zero attached hydrogens (tertiary/aromatic N) is 3. The molecular weight excluding hydrogens is 414 g/mol. The highest BCUT2D eigenvalue weighted by Gasteiger charge is 2.17. The Bertz CT molecular complexity index is 1120. The molecule has 1 aromatic carbocycles. The topological polar surface area (TPSA) is 130 Å². The van der Waals surface area contributed by atoms with E-state index >= 15 is 0 Å². The van der Waals surface area contributed by atoms with Gasteiger partial charge in [-0.1, -0.05) is 0 Å². The highest BCUT2D eigenvalue weighted by Crippen LogP contribution is 2.25. The zero-order chi connectivity index (χ0) is 22.5. The molecule has 0 spiro atoms. The van der Waals surface area contributed by atoms with Crippen molar-refractivity contribution in [3.8, 4) is 11.5 Å². The van der Waals surface area contributed by atoms with E-state index < -0.39 is 29.3 Å². The van der Waals surface area contributed by atoms with Crippen LogP contribution in [0.4, 0.5) is 14.7 Å². The summed E-state index contributed by atoms with van der Waals surface area (Å²) in [5, 5.41) is 31.5. The number of benzene rings is 1. The first-order valence-electron chi connectivity index (χ1n) is 9.52. The van der Waals surface area contributed by atoms with Gasteiger partial charge in [0.25, 0.3) is 5.56 Å². The zero-order valence-electron chi connectivity index (χ0n) is 16.6. The molecule has 166 valence electrons. The summed E-state index contributed by atoms with van der Waals surface area (Å²) in [5.41, 5.74) is -0.508. The van der Waals surface area contributed by atoms with E-state index in [-0.39, 0.29) is 49.3 Å². The Balaban J connectivity index is 2.06. The fourth-order valence-corrected chi connectivity index (χ4v) is 2.93. The molecule has 0 aliphatic rings. The number of ether oxygens (including phenoxy) is 1. The van der Waals surface area contributed by atoms with Crippen LogP contribution in [0.2, 0.25) is 0 Å². The summed E-state index contributed by atoms with van der Waals surface area (Å²) < 4.78 is 33.7. The van der Waals surface area contributed by atoms with Crippen LogP contribution in [0.3, 0.4) is 0 Å². The maximum atomic E-state index is 14.0. The van der Waals surface area contributed by atoms with Crippen molar-refractivity contribution in [1.82, 2.24) is 14.5 Å². The molecule has 0 saturated heterocycles. The predicted molar refractivity (Wildman–Crippen MR) is 108 cm³/mol. The molecule has 3 aromatic rings. The Morgan fingerprint density at radius 1 is 1.23 bits per heavy atom. The number of halogens is 2. The van der Waals surface area contributed by atoms with Gasteiger partial charge in [-0.2, -0.15) is 4.98 Å². The maximum Gasteiger partial charge on any atom is 0.295 e. The van der Waals surface area contributed by atoms with Gasteiger partial charge >= 0.3 is 0 Å². The largest absolute Gasteiger partial charge is 0.448 e. The molecule has 0 fully saturated rings. The van der Waals surface area contributed by atoms with Crippen LogP contribution in [0.5, 0.6) is 11.5 Å². The quantitative estimate of drug-likeness (QED) is 0.396. The van der Waals surface area contributed by atoms with Gasteiger partial charge in [-0.3, -0.25) is 9.36 Å². The van der Waals surface area contributed by atoms with E-state index in [1.165, 1.54) is 19.2 Å². The van der Waals surface area contributed by atoms with E-state index in [9.17, 15) is 23.8 Å². The SMILES string of the molecule is CC(O)Cn1c(=O)c(Oc2ccc(F)cc2F)cc2cnc(N[C@H](CO)CCO)nc21. The lowest BCUT2D eigenvalue weighted by Crippen LogP contribution is -2.28. The number of aliphatic hydroxyl groups excluding tert-OH is 3. The number of anilines is 1. The number of hydrogen-bond acceptors (Lipinski definition) is 8. The molecule has 1 unspecified atom stereocenters. The Kier molecular flexibility index (Phi) is 7.10. The smallest absolute Gasteiger partial charge is 0.295 e. The molecule has 2 heterocycles. The van der Waals surface area contributed by atoms with Gasteiger partial charge in [-0.05, 0) is 31.5 Å². The van der Waals surface area contributed by atoms with Crippen molar-refractivity contribution in [2.24, 2.45) is 0 Å².